The van der Waals surface area contributed by atoms with Crippen LogP contribution in [0.25, 0.3) is 21.8 Å². The number of carbonyl (C=O) groups is 2. The van der Waals surface area contributed by atoms with Crippen LogP contribution in [-0.4, -0.2) is 57.5 Å². The highest BCUT2D eigenvalue weighted by Crippen LogP contribution is 2.28. The Labute approximate surface area is 278 Å². The van der Waals surface area contributed by atoms with Gasteiger partial charge in [-0.2, -0.15) is 0 Å². The summed E-state index contributed by atoms with van der Waals surface area (Å²) in [5.74, 6) is 1.15. The summed E-state index contributed by atoms with van der Waals surface area (Å²) in [4.78, 5) is 32.2. The smallest absolute Gasteiger partial charge is 0.352 e. The van der Waals surface area contributed by atoms with Crippen LogP contribution in [0.2, 0.25) is 0 Å². The number of hydrogen-bond donors (Lipinski definition) is 4. The predicted octanol–water partition coefficient (Wildman–Crippen LogP) is 7.02. The van der Waals surface area contributed by atoms with E-state index in [1.165, 1.54) is 25.9 Å². The van der Waals surface area contributed by atoms with Crippen LogP contribution >= 0.6 is 0 Å². The predicted molar refractivity (Wildman–Crippen MR) is 186 cm³/mol. The summed E-state index contributed by atoms with van der Waals surface area (Å²) in [7, 11) is 0. The number of nitrogens with one attached hydrogen (secondary N) is 3. The monoisotopic (exact) mass is 642 g/mol. The van der Waals surface area contributed by atoms with Gasteiger partial charge in [-0.1, -0.05) is 60.7 Å². The van der Waals surface area contributed by atoms with Crippen molar-refractivity contribution in [1.82, 2.24) is 20.2 Å². The number of benzene rings is 4. The number of piperidine rings is 3. The first-order chi connectivity index (χ1) is 23.5. The van der Waals surface area contributed by atoms with Crippen molar-refractivity contribution in [2.24, 2.45) is 5.92 Å². The van der Waals surface area contributed by atoms with Crippen LogP contribution in [0.3, 0.4) is 0 Å². The Hall–Kier alpha value is -5.54. The van der Waals surface area contributed by atoms with E-state index in [1.807, 2.05) is 103 Å². The van der Waals surface area contributed by atoms with Crippen LogP contribution in [0.4, 0.5) is 0 Å². The number of aromatic nitrogens is 2. The van der Waals surface area contributed by atoms with Crippen molar-refractivity contribution < 1.29 is 24.2 Å². The lowest BCUT2D eigenvalue weighted by Gasteiger charge is -2.44. The molecule has 0 aliphatic carbocycles. The number of rotatable bonds is 9. The molecule has 2 aromatic heterocycles. The molecule has 3 aliphatic heterocycles. The van der Waals surface area contributed by atoms with E-state index >= 15 is 0 Å². The van der Waals surface area contributed by atoms with Gasteiger partial charge in [-0.15, -0.1) is 0 Å². The molecule has 0 spiro atoms. The quantitative estimate of drug-likeness (QED) is 0.135. The zero-order valence-corrected chi connectivity index (χ0v) is 26.5. The Morgan fingerprint density at radius 1 is 0.708 bits per heavy atom. The largest absolute Gasteiger partial charge is 0.489 e. The molecule has 3 saturated heterocycles. The molecular weight excluding hydrogens is 604 g/mol. The first-order valence-corrected chi connectivity index (χ1v) is 16.3. The molecule has 4 N–H and O–H groups in total. The molecule has 1 atom stereocenters. The van der Waals surface area contributed by atoms with Gasteiger partial charge in [-0.3, -0.25) is 4.79 Å². The fraction of sp³-hybridized carbons (Fsp3) is 0.231. The van der Waals surface area contributed by atoms with Gasteiger partial charge in [0.2, 0.25) is 0 Å². The molecule has 5 heterocycles. The van der Waals surface area contributed by atoms with Crippen LogP contribution in [0.5, 0.6) is 11.5 Å². The summed E-state index contributed by atoms with van der Waals surface area (Å²) in [5.41, 5.74) is 4.70. The van der Waals surface area contributed by atoms with Crippen LogP contribution in [0.1, 0.15) is 44.9 Å². The van der Waals surface area contributed by atoms with Crippen LogP contribution in [0.15, 0.2) is 109 Å². The Kier molecular flexibility index (Phi) is 9.11. The zero-order valence-electron chi connectivity index (χ0n) is 26.5. The van der Waals surface area contributed by atoms with Gasteiger partial charge >= 0.3 is 5.97 Å². The normalized spacial score (nSPS) is 18.2. The van der Waals surface area contributed by atoms with Crippen molar-refractivity contribution in [2.45, 2.75) is 32.1 Å². The number of aromatic amines is 2. The van der Waals surface area contributed by atoms with Crippen LogP contribution < -0.4 is 14.8 Å². The number of carbonyl (C=O) groups excluding carboxylic acids is 1. The second-order valence-electron chi connectivity index (χ2n) is 12.4. The van der Waals surface area contributed by atoms with Gasteiger partial charge in [-0.05, 0) is 79.4 Å². The van der Waals surface area contributed by atoms with E-state index in [4.69, 9.17) is 14.6 Å². The van der Waals surface area contributed by atoms with E-state index in [0.717, 1.165) is 45.2 Å². The highest BCUT2D eigenvalue weighted by atomic mass is 16.5. The molecule has 3 fully saturated rings. The van der Waals surface area contributed by atoms with Gasteiger partial charge in [0.1, 0.15) is 36.1 Å². The van der Waals surface area contributed by atoms with E-state index in [9.17, 15) is 9.59 Å². The summed E-state index contributed by atoms with van der Waals surface area (Å²) < 4.78 is 11.6. The minimum atomic E-state index is -0.965. The number of nitrogens with zero attached hydrogens (tertiary/aromatic N) is 1. The average Bonchev–Trinajstić information content (AvgIpc) is 3.76. The second kappa shape index (κ2) is 14.1. The summed E-state index contributed by atoms with van der Waals surface area (Å²) in [6.45, 7) is 4.34. The standard InChI is InChI=1S/C23H25N3O2.C16H13NO3/c27-23(25-22-14-26-10-8-17(22)9-11-26)21-12-18-6-7-19(13-20(18)24-21)28-15-16-4-2-1-3-5-16;18-16(19)15-8-12-6-7-13(9-14(12)17-15)20-10-11-4-2-1-3-5-11/h1-7,12-13,17,22,24H,8-11,14-15H2,(H,25,27);1-9,17H,10H2,(H,18,19). The Balaban J connectivity index is 0.000000161. The van der Waals surface area contributed by atoms with Gasteiger partial charge < -0.3 is 34.8 Å². The number of aromatic carboxylic acids is 1. The van der Waals surface area contributed by atoms with Crippen molar-refractivity contribution in [3.05, 3.63) is 132 Å². The SMILES string of the molecule is O=C(NC1CN2CCC1CC2)c1cc2ccc(OCc3ccccc3)cc2[nH]1.O=C(O)c1cc2ccc(OCc3ccccc3)cc2[nH]1. The third-order valence-corrected chi connectivity index (χ3v) is 9.13. The molecule has 0 radical (unpaired) electrons. The molecule has 3 aliphatic rings. The first kappa shape index (κ1) is 31.1. The zero-order chi connectivity index (χ0) is 32.9. The molecule has 2 bridgehead atoms. The average molecular weight is 643 g/mol. The lowest BCUT2D eigenvalue weighted by atomic mass is 9.84. The highest BCUT2D eigenvalue weighted by Gasteiger charge is 2.35. The van der Waals surface area contributed by atoms with Crippen molar-refractivity contribution in [2.75, 3.05) is 19.6 Å². The maximum atomic E-state index is 12.8. The van der Waals surface area contributed by atoms with E-state index < -0.39 is 5.97 Å². The molecule has 6 aromatic rings. The maximum Gasteiger partial charge on any atom is 0.352 e. The van der Waals surface area contributed by atoms with Crippen molar-refractivity contribution in [3.63, 3.8) is 0 Å². The Morgan fingerprint density at radius 3 is 1.73 bits per heavy atom. The molecular formula is C39H38N4O5. The maximum absolute atomic E-state index is 12.8. The molecule has 1 amide bonds. The molecule has 1 unspecified atom stereocenters. The fourth-order valence-electron chi connectivity index (χ4n) is 6.49. The lowest BCUT2D eigenvalue weighted by molar-refractivity contribution is 0.0617. The number of fused-ring (bicyclic) bond motifs is 5. The minimum absolute atomic E-state index is 0.0123. The number of carboxylic acids is 1. The van der Waals surface area contributed by atoms with E-state index in [1.54, 1.807) is 6.07 Å². The van der Waals surface area contributed by atoms with Gasteiger partial charge in [0.15, 0.2) is 0 Å². The van der Waals surface area contributed by atoms with Crippen molar-refractivity contribution >= 4 is 33.7 Å². The number of amides is 1. The number of ether oxygens (including phenoxy) is 2. The third-order valence-electron chi connectivity index (χ3n) is 9.13. The molecule has 0 saturated carbocycles. The van der Waals surface area contributed by atoms with E-state index in [0.29, 0.717) is 30.6 Å². The molecule has 48 heavy (non-hydrogen) atoms. The number of H-pyrrole nitrogens is 2. The number of hydrogen-bond acceptors (Lipinski definition) is 5. The fourth-order valence-corrected chi connectivity index (χ4v) is 6.49. The molecule has 4 aromatic carbocycles. The summed E-state index contributed by atoms with van der Waals surface area (Å²) in [6.07, 6.45) is 2.39. The van der Waals surface area contributed by atoms with Crippen molar-refractivity contribution in [3.8, 4) is 11.5 Å². The first-order valence-electron chi connectivity index (χ1n) is 16.3. The second-order valence-corrected chi connectivity index (χ2v) is 12.4. The van der Waals surface area contributed by atoms with Crippen LogP contribution in [0, 0.1) is 5.92 Å². The molecule has 9 rings (SSSR count). The summed E-state index contributed by atoms with van der Waals surface area (Å²) in [5, 5.41) is 14.1. The molecule has 9 heteroatoms. The van der Waals surface area contributed by atoms with Crippen LogP contribution in [-0.2, 0) is 13.2 Å². The molecule has 244 valence electrons. The minimum Gasteiger partial charge on any atom is -0.489 e. The van der Waals surface area contributed by atoms with Crippen molar-refractivity contribution in [1.29, 1.82) is 0 Å². The van der Waals surface area contributed by atoms with Gasteiger partial charge in [0.25, 0.3) is 5.91 Å². The van der Waals surface area contributed by atoms with E-state index in [-0.39, 0.29) is 17.6 Å². The summed E-state index contributed by atoms with van der Waals surface area (Å²) >= 11 is 0. The van der Waals surface area contributed by atoms with Gasteiger partial charge in [0, 0.05) is 46.5 Å². The molecule has 9 nitrogen and oxygen atoms in total. The Morgan fingerprint density at radius 2 is 1.23 bits per heavy atom. The third kappa shape index (κ3) is 7.37. The summed E-state index contributed by atoms with van der Waals surface area (Å²) in [6, 6.07) is 35.2. The van der Waals surface area contributed by atoms with Gasteiger partial charge in [-0.25, -0.2) is 4.79 Å². The highest BCUT2D eigenvalue weighted by molar-refractivity contribution is 5.98. The van der Waals surface area contributed by atoms with E-state index in [2.05, 4.69) is 20.2 Å². The Bertz CT molecular complexity index is 2010. The number of carboxylic acid groups (broad SMARTS) is 1. The topological polar surface area (TPSA) is 120 Å². The lowest BCUT2D eigenvalue weighted by Crippen LogP contribution is -2.57. The van der Waals surface area contributed by atoms with Gasteiger partial charge in [0.05, 0.1) is 0 Å².